The Kier molecular flexibility index (Phi) is 13.9. The fourth-order valence-electron chi connectivity index (χ4n) is 5.72. The van der Waals surface area contributed by atoms with Crippen LogP contribution < -0.4 is 0 Å². The highest BCUT2D eigenvalue weighted by atomic mass is 19.1. The topological polar surface area (TPSA) is 59.6 Å². The van der Waals surface area contributed by atoms with Crippen LogP contribution in [0.4, 0.5) is 4.39 Å². The average Bonchev–Trinajstić information content (AvgIpc) is 3.34. The number of benzene rings is 2. The summed E-state index contributed by atoms with van der Waals surface area (Å²) in [6, 6.07) is 15.9. The minimum atomic E-state index is -0.0997. The minimum absolute atomic E-state index is 0.0997. The molecule has 2 N–H and O–H groups in total. The van der Waals surface area contributed by atoms with E-state index < -0.39 is 0 Å². The van der Waals surface area contributed by atoms with E-state index in [1.807, 2.05) is 39.8 Å². The molecule has 1 spiro atoms. The molecule has 3 heterocycles. The van der Waals surface area contributed by atoms with Crippen molar-refractivity contribution >= 4 is 17.2 Å². The fourth-order valence-corrected chi connectivity index (χ4v) is 5.72. The van der Waals surface area contributed by atoms with Crippen molar-refractivity contribution in [2.75, 3.05) is 33.8 Å². The highest BCUT2D eigenvalue weighted by Gasteiger charge is 2.43. The zero-order chi connectivity index (χ0) is 28.8. The van der Waals surface area contributed by atoms with Gasteiger partial charge in [-0.25, -0.2) is 4.39 Å². The number of aromatic nitrogens is 1. The van der Waals surface area contributed by atoms with Gasteiger partial charge in [0.25, 0.3) is 0 Å². The van der Waals surface area contributed by atoms with Gasteiger partial charge in [0.2, 0.25) is 0 Å². The number of para-hydroxylation sites is 1. The van der Waals surface area contributed by atoms with Crippen LogP contribution in [-0.2, 0) is 23.3 Å². The largest absolute Gasteiger partial charge is 0.400 e. The van der Waals surface area contributed by atoms with E-state index >= 15 is 0 Å². The number of aliphatic hydroxyl groups excluding tert-OH is 1. The van der Waals surface area contributed by atoms with E-state index in [0.717, 1.165) is 70.8 Å². The summed E-state index contributed by atoms with van der Waals surface area (Å²) in [5.41, 5.74) is 5.03. The summed E-state index contributed by atoms with van der Waals surface area (Å²) in [5.74, 6) is 0.336. The second-order valence-electron chi connectivity index (χ2n) is 10.2. The predicted molar refractivity (Wildman–Crippen MR) is 161 cm³/mol. The number of piperidine rings is 1. The van der Waals surface area contributed by atoms with Crippen molar-refractivity contribution < 1.29 is 14.3 Å². The number of carbonyl (C=O) groups excluding carboxylic acids is 1. The van der Waals surface area contributed by atoms with Gasteiger partial charge >= 0.3 is 0 Å². The molecule has 0 atom stereocenters. The van der Waals surface area contributed by atoms with Crippen LogP contribution in [0.2, 0.25) is 0 Å². The lowest BCUT2D eigenvalue weighted by Gasteiger charge is -2.47. The highest BCUT2D eigenvalue weighted by molar-refractivity contribution is 5.86. The molecule has 1 saturated carbocycles. The number of nitrogens with one attached hydrogen (secondary N) is 1. The van der Waals surface area contributed by atoms with E-state index in [2.05, 4.69) is 46.1 Å². The van der Waals surface area contributed by atoms with Gasteiger partial charge in [-0.2, -0.15) is 0 Å². The van der Waals surface area contributed by atoms with Crippen molar-refractivity contribution in [2.24, 2.45) is 5.92 Å². The smallest absolute Gasteiger partial charge is 0.127 e. The molecule has 2 aliphatic heterocycles. The van der Waals surface area contributed by atoms with Gasteiger partial charge in [-0.05, 0) is 63.5 Å². The Bertz CT molecular complexity index is 1120. The molecule has 3 aliphatic rings. The Hall–Kier alpha value is -2.54. The zero-order valence-corrected chi connectivity index (χ0v) is 25.0. The predicted octanol–water partition coefficient (Wildman–Crippen LogP) is 6.93. The lowest BCUT2D eigenvalue weighted by Crippen LogP contribution is -2.51. The quantitative estimate of drug-likeness (QED) is 0.354. The molecule has 2 fully saturated rings. The van der Waals surface area contributed by atoms with Gasteiger partial charge in [0, 0.05) is 60.2 Å². The molecule has 1 aliphatic carbocycles. The number of aldehydes is 1. The Morgan fingerprint density at radius 2 is 1.62 bits per heavy atom. The monoisotopic (exact) mass is 539 g/mol. The van der Waals surface area contributed by atoms with Gasteiger partial charge in [0.15, 0.2) is 0 Å². The zero-order valence-electron chi connectivity index (χ0n) is 25.0. The maximum atomic E-state index is 14.3. The van der Waals surface area contributed by atoms with Crippen molar-refractivity contribution in [3.8, 4) is 0 Å². The summed E-state index contributed by atoms with van der Waals surface area (Å²) < 4.78 is 14.3. The molecule has 39 heavy (non-hydrogen) atoms. The molecule has 0 bridgehead atoms. The number of rotatable bonds is 3. The van der Waals surface area contributed by atoms with Crippen LogP contribution in [0, 0.1) is 11.7 Å². The van der Waals surface area contributed by atoms with Gasteiger partial charge in [0.05, 0.1) is 0 Å². The molecule has 0 radical (unpaired) electrons. The van der Waals surface area contributed by atoms with E-state index in [1.165, 1.54) is 28.6 Å². The number of aromatic amines is 1. The van der Waals surface area contributed by atoms with Crippen LogP contribution in [-0.4, -0.2) is 60.0 Å². The van der Waals surface area contributed by atoms with Crippen LogP contribution in [0.25, 0.3) is 10.9 Å². The summed E-state index contributed by atoms with van der Waals surface area (Å²) in [4.78, 5) is 18.3. The first-order valence-corrected chi connectivity index (χ1v) is 14.7. The van der Waals surface area contributed by atoms with E-state index in [9.17, 15) is 9.18 Å². The van der Waals surface area contributed by atoms with Crippen LogP contribution >= 0.6 is 0 Å². The van der Waals surface area contributed by atoms with E-state index in [1.54, 1.807) is 12.1 Å². The third-order valence-electron chi connectivity index (χ3n) is 7.86. The second-order valence-corrected chi connectivity index (χ2v) is 10.2. The van der Waals surface area contributed by atoms with Crippen molar-refractivity contribution in [1.29, 1.82) is 0 Å². The molecule has 0 unspecified atom stereocenters. The van der Waals surface area contributed by atoms with Crippen LogP contribution in [0.5, 0.6) is 0 Å². The first-order chi connectivity index (χ1) is 19.1. The summed E-state index contributed by atoms with van der Waals surface area (Å²) in [6.45, 7) is 12.8. The Labute approximate surface area is 235 Å². The van der Waals surface area contributed by atoms with Gasteiger partial charge in [-0.1, -0.05) is 70.5 Å². The number of fused-ring (bicyclic) bond motifs is 4. The normalized spacial score (nSPS) is 17.9. The number of aliphatic hydroxyl groups is 1. The SMILES string of the molecule is CC.CC.CN1CCC2(CC1)CN(Cc1ccccc1F)Cc1[nH]c3ccccc3c12.CO.O=CC1CCC1. The van der Waals surface area contributed by atoms with Crippen molar-refractivity contribution in [2.45, 2.75) is 78.3 Å². The van der Waals surface area contributed by atoms with Gasteiger partial charge in [-0.3, -0.25) is 4.90 Å². The summed E-state index contributed by atoms with van der Waals surface area (Å²) in [5, 5.41) is 8.38. The Morgan fingerprint density at radius 3 is 2.18 bits per heavy atom. The van der Waals surface area contributed by atoms with Gasteiger partial charge < -0.3 is 19.8 Å². The standard InChI is InChI=1S/C23H26FN3.C5H8O.2C2H6.CH4O/c1-26-12-10-23(11-13-26)16-27(14-17-6-2-4-8-19(17)24)15-21-22(23)18-7-3-5-9-20(18)25-21;6-4-5-2-1-3-5;3*1-2/h2-9,25H,10-16H2,1H3;4-5H,1-3H2;2*1-2H3;2H,1H3. The molecular weight excluding hydrogens is 489 g/mol. The number of carbonyl (C=O) groups is 1. The van der Waals surface area contributed by atoms with E-state index in [4.69, 9.17) is 5.11 Å². The molecule has 6 rings (SSSR count). The summed E-state index contributed by atoms with van der Waals surface area (Å²) >= 11 is 0. The van der Waals surface area contributed by atoms with Crippen molar-refractivity contribution in [1.82, 2.24) is 14.8 Å². The second kappa shape index (κ2) is 16.5. The molecule has 5 nitrogen and oxygen atoms in total. The highest BCUT2D eigenvalue weighted by Crippen LogP contribution is 2.45. The lowest BCUT2D eigenvalue weighted by molar-refractivity contribution is -0.113. The van der Waals surface area contributed by atoms with Gasteiger partial charge in [-0.15, -0.1) is 0 Å². The molecule has 1 saturated heterocycles. The summed E-state index contributed by atoms with van der Waals surface area (Å²) in [7, 11) is 3.21. The van der Waals surface area contributed by atoms with Gasteiger partial charge in [0.1, 0.15) is 12.1 Å². The van der Waals surface area contributed by atoms with E-state index in [0.29, 0.717) is 12.5 Å². The molecule has 6 heteroatoms. The number of likely N-dealkylation sites (tertiary alicyclic amines) is 1. The molecule has 0 amide bonds. The van der Waals surface area contributed by atoms with Crippen LogP contribution in [0.3, 0.4) is 0 Å². The minimum Gasteiger partial charge on any atom is -0.400 e. The first kappa shape index (κ1) is 32.7. The van der Waals surface area contributed by atoms with E-state index in [-0.39, 0.29) is 11.2 Å². The van der Waals surface area contributed by atoms with Crippen molar-refractivity contribution in [3.63, 3.8) is 0 Å². The third kappa shape index (κ3) is 8.00. The third-order valence-corrected chi connectivity index (χ3v) is 7.86. The maximum absolute atomic E-state index is 14.3. The Morgan fingerprint density at radius 1 is 1.00 bits per heavy atom. The molecule has 2 aromatic carbocycles. The number of halogens is 1. The maximum Gasteiger partial charge on any atom is 0.127 e. The molecule has 216 valence electrons. The molecule has 3 aromatic rings. The first-order valence-electron chi connectivity index (χ1n) is 14.7. The number of nitrogens with zero attached hydrogens (tertiary/aromatic N) is 2. The van der Waals surface area contributed by atoms with Crippen LogP contribution in [0.15, 0.2) is 48.5 Å². The fraction of sp³-hybridized carbons (Fsp3) is 0.545. The van der Waals surface area contributed by atoms with Crippen LogP contribution in [0.1, 0.15) is 76.6 Å². The average molecular weight is 540 g/mol. The lowest BCUT2D eigenvalue weighted by atomic mass is 9.69. The molecule has 1 aromatic heterocycles. The van der Waals surface area contributed by atoms with Crippen molar-refractivity contribution in [3.05, 3.63) is 71.2 Å². The molecular formula is C33H50FN3O2. The number of H-pyrrole nitrogens is 1. The Balaban J connectivity index is 0.000000379. The number of hydrogen-bond donors (Lipinski definition) is 2. The number of hydrogen-bond acceptors (Lipinski definition) is 4. The summed E-state index contributed by atoms with van der Waals surface area (Å²) in [6.07, 6.45) is 6.93.